The molecule has 0 radical (unpaired) electrons. The summed E-state index contributed by atoms with van der Waals surface area (Å²) in [6, 6.07) is 10.6. The number of nitrogens with zero attached hydrogens (tertiary/aromatic N) is 4. The Hall–Kier alpha value is -1.86. The highest BCUT2D eigenvalue weighted by atomic mass is 32.2. The summed E-state index contributed by atoms with van der Waals surface area (Å²) >= 11 is 1.48. The van der Waals surface area contributed by atoms with E-state index in [2.05, 4.69) is 70.0 Å². The molecule has 31 heavy (non-hydrogen) atoms. The van der Waals surface area contributed by atoms with Crippen molar-refractivity contribution in [3.05, 3.63) is 41.7 Å². The summed E-state index contributed by atoms with van der Waals surface area (Å²) < 4.78 is 2.18. The van der Waals surface area contributed by atoms with Crippen molar-refractivity contribution in [2.75, 3.05) is 18.8 Å². The quantitative estimate of drug-likeness (QED) is 0.523. The molecule has 6 nitrogen and oxygen atoms in total. The fraction of sp³-hybridized carbons (Fsp3) is 0.625. The van der Waals surface area contributed by atoms with Crippen LogP contribution in [0.15, 0.2) is 35.5 Å². The lowest BCUT2D eigenvalue weighted by molar-refractivity contribution is -0.119. The number of amides is 1. The Balaban J connectivity index is 1.63. The van der Waals surface area contributed by atoms with Gasteiger partial charge in [0.2, 0.25) is 5.91 Å². The molecule has 1 N–H and O–H groups in total. The normalized spacial score (nSPS) is 15.9. The molecule has 1 aromatic carbocycles. The Bertz CT molecular complexity index is 802. The summed E-state index contributed by atoms with van der Waals surface area (Å²) in [5, 5.41) is 12.9. The Morgan fingerprint density at radius 1 is 1.03 bits per heavy atom. The first-order valence-corrected chi connectivity index (χ1v) is 12.6. The van der Waals surface area contributed by atoms with E-state index in [1.807, 2.05) is 6.07 Å². The van der Waals surface area contributed by atoms with Crippen LogP contribution in [-0.4, -0.2) is 50.5 Å². The number of thioether (sulfide) groups is 1. The van der Waals surface area contributed by atoms with E-state index in [-0.39, 0.29) is 11.9 Å². The number of rotatable bonds is 11. The Morgan fingerprint density at radius 2 is 1.77 bits per heavy atom. The highest BCUT2D eigenvalue weighted by molar-refractivity contribution is 7.99. The highest BCUT2D eigenvalue weighted by Crippen LogP contribution is 2.21. The van der Waals surface area contributed by atoms with Gasteiger partial charge in [0.05, 0.1) is 18.8 Å². The Kier molecular flexibility index (Phi) is 9.40. The topological polar surface area (TPSA) is 63.1 Å². The predicted molar refractivity (Wildman–Crippen MR) is 127 cm³/mol. The average Bonchev–Trinajstić information content (AvgIpc) is 3.13. The van der Waals surface area contributed by atoms with Crippen molar-refractivity contribution in [1.82, 2.24) is 25.0 Å². The van der Waals surface area contributed by atoms with Crippen LogP contribution in [0.3, 0.4) is 0 Å². The van der Waals surface area contributed by atoms with Crippen molar-refractivity contribution in [2.45, 2.75) is 77.2 Å². The van der Waals surface area contributed by atoms with Gasteiger partial charge in [-0.05, 0) is 57.2 Å². The second-order valence-electron chi connectivity index (χ2n) is 9.04. The Labute approximate surface area is 191 Å². The summed E-state index contributed by atoms with van der Waals surface area (Å²) in [4.78, 5) is 14.9. The van der Waals surface area contributed by atoms with E-state index < -0.39 is 0 Å². The van der Waals surface area contributed by atoms with E-state index >= 15 is 0 Å². The number of hydrogen-bond acceptors (Lipinski definition) is 5. The van der Waals surface area contributed by atoms with Crippen LogP contribution in [0.5, 0.6) is 0 Å². The fourth-order valence-electron chi connectivity index (χ4n) is 3.89. The SMILES string of the molecule is CC(C)CCC(C)NC(=O)CSc1nnc(CN2CCCCC2)n1Cc1ccccc1. The van der Waals surface area contributed by atoms with Gasteiger partial charge in [-0.2, -0.15) is 0 Å². The zero-order valence-corrected chi connectivity index (χ0v) is 20.0. The molecule has 1 aliphatic heterocycles. The summed E-state index contributed by atoms with van der Waals surface area (Å²) in [6.07, 6.45) is 5.96. The standard InChI is InChI=1S/C24H37N5OS/c1-19(2)12-13-20(3)25-23(30)18-31-24-27-26-22(17-28-14-8-5-9-15-28)29(24)16-21-10-6-4-7-11-21/h4,6-7,10-11,19-20H,5,8-9,12-18H2,1-3H3,(H,25,30). The lowest BCUT2D eigenvalue weighted by Crippen LogP contribution is -2.34. The van der Waals surface area contributed by atoms with E-state index in [1.54, 1.807) is 0 Å². The maximum atomic E-state index is 12.5. The van der Waals surface area contributed by atoms with Gasteiger partial charge in [-0.15, -0.1) is 10.2 Å². The second-order valence-corrected chi connectivity index (χ2v) is 9.98. The third-order valence-electron chi connectivity index (χ3n) is 5.71. The van der Waals surface area contributed by atoms with Gasteiger partial charge < -0.3 is 9.88 Å². The van der Waals surface area contributed by atoms with Crippen LogP contribution in [0.4, 0.5) is 0 Å². The van der Waals surface area contributed by atoms with Crippen molar-refractivity contribution in [1.29, 1.82) is 0 Å². The number of hydrogen-bond donors (Lipinski definition) is 1. The number of nitrogens with one attached hydrogen (secondary N) is 1. The minimum Gasteiger partial charge on any atom is -0.353 e. The van der Waals surface area contributed by atoms with Gasteiger partial charge >= 0.3 is 0 Å². The van der Waals surface area contributed by atoms with E-state index in [0.29, 0.717) is 11.7 Å². The summed E-state index contributed by atoms with van der Waals surface area (Å²) in [5.41, 5.74) is 1.22. The Morgan fingerprint density at radius 3 is 2.48 bits per heavy atom. The number of carbonyl (C=O) groups is 1. The van der Waals surface area contributed by atoms with Crippen LogP contribution in [0.25, 0.3) is 0 Å². The lowest BCUT2D eigenvalue weighted by atomic mass is 10.0. The first-order valence-electron chi connectivity index (χ1n) is 11.6. The molecular weight excluding hydrogens is 406 g/mol. The van der Waals surface area contributed by atoms with Crippen LogP contribution >= 0.6 is 11.8 Å². The van der Waals surface area contributed by atoms with Gasteiger partial charge in [0, 0.05) is 6.04 Å². The molecule has 1 atom stereocenters. The highest BCUT2D eigenvalue weighted by Gasteiger charge is 2.19. The second kappa shape index (κ2) is 12.2. The molecule has 1 amide bonds. The number of benzene rings is 1. The molecule has 1 aromatic heterocycles. The lowest BCUT2D eigenvalue weighted by Gasteiger charge is -2.26. The van der Waals surface area contributed by atoms with Gasteiger partial charge in [-0.1, -0.05) is 62.4 Å². The minimum atomic E-state index is 0.0631. The van der Waals surface area contributed by atoms with Crippen molar-refractivity contribution in [3.8, 4) is 0 Å². The maximum Gasteiger partial charge on any atom is 0.230 e. The molecule has 1 fully saturated rings. The number of likely N-dealkylation sites (tertiary alicyclic amines) is 1. The first-order chi connectivity index (χ1) is 15.0. The molecule has 1 unspecified atom stereocenters. The van der Waals surface area contributed by atoms with Crippen molar-refractivity contribution in [2.24, 2.45) is 5.92 Å². The number of carbonyl (C=O) groups excluding carboxylic acids is 1. The van der Waals surface area contributed by atoms with Gasteiger partial charge in [0.25, 0.3) is 0 Å². The van der Waals surface area contributed by atoms with Gasteiger partial charge in [0.15, 0.2) is 5.16 Å². The van der Waals surface area contributed by atoms with Crippen LogP contribution in [-0.2, 0) is 17.9 Å². The van der Waals surface area contributed by atoms with Crippen LogP contribution in [0.1, 0.15) is 64.3 Å². The minimum absolute atomic E-state index is 0.0631. The molecule has 0 saturated carbocycles. The maximum absolute atomic E-state index is 12.5. The van der Waals surface area contributed by atoms with E-state index in [4.69, 9.17) is 0 Å². The van der Waals surface area contributed by atoms with E-state index in [9.17, 15) is 4.79 Å². The van der Waals surface area contributed by atoms with Crippen molar-refractivity contribution in [3.63, 3.8) is 0 Å². The molecule has 2 aromatic rings. The monoisotopic (exact) mass is 443 g/mol. The summed E-state index contributed by atoms with van der Waals surface area (Å²) in [5.74, 6) is 2.07. The van der Waals surface area contributed by atoms with Crippen molar-refractivity contribution < 1.29 is 4.79 Å². The number of aromatic nitrogens is 3. The smallest absolute Gasteiger partial charge is 0.230 e. The third-order valence-corrected chi connectivity index (χ3v) is 6.67. The largest absolute Gasteiger partial charge is 0.353 e. The molecule has 1 saturated heterocycles. The molecule has 7 heteroatoms. The molecule has 1 aliphatic rings. The van der Waals surface area contributed by atoms with Crippen molar-refractivity contribution >= 4 is 17.7 Å². The first kappa shape index (κ1) is 23.8. The molecular formula is C24H37N5OS. The molecule has 2 heterocycles. The van der Waals surface area contributed by atoms with Crippen LogP contribution < -0.4 is 5.32 Å². The molecule has 0 spiro atoms. The number of piperidine rings is 1. The molecule has 3 rings (SSSR count). The zero-order valence-electron chi connectivity index (χ0n) is 19.2. The third kappa shape index (κ3) is 7.96. The van der Waals surface area contributed by atoms with Gasteiger partial charge in [-0.3, -0.25) is 9.69 Å². The van der Waals surface area contributed by atoms with Gasteiger partial charge in [-0.25, -0.2) is 0 Å². The summed E-state index contributed by atoms with van der Waals surface area (Å²) in [6.45, 7) is 10.3. The van der Waals surface area contributed by atoms with Gasteiger partial charge in [0.1, 0.15) is 5.82 Å². The van der Waals surface area contributed by atoms with E-state index in [1.165, 1.54) is 36.6 Å². The van der Waals surface area contributed by atoms with Crippen LogP contribution in [0, 0.1) is 5.92 Å². The fourth-order valence-corrected chi connectivity index (χ4v) is 4.65. The average molecular weight is 444 g/mol. The molecule has 170 valence electrons. The molecule has 0 aliphatic carbocycles. The molecule has 0 bridgehead atoms. The predicted octanol–water partition coefficient (Wildman–Crippen LogP) is 4.35. The van der Waals surface area contributed by atoms with Crippen LogP contribution in [0.2, 0.25) is 0 Å². The summed E-state index contributed by atoms with van der Waals surface area (Å²) in [7, 11) is 0. The van der Waals surface area contributed by atoms with E-state index in [0.717, 1.165) is 50.0 Å². The zero-order chi connectivity index (χ0) is 22.1.